The summed E-state index contributed by atoms with van der Waals surface area (Å²) in [5.41, 5.74) is 2.27. The predicted molar refractivity (Wildman–Crippen MR) is 71.2 cm³/mol. The van der Waals surface area contributed by atoms with Crippen LogP contribution in [-0.2, 0) is 6.42 Å². The number of aryl methyl sites for hydroxylation is 1. The number of benzene rings is 1. The molecule has 0 bridgehead atoms. The molecule has 0 atom stereocenters. The van der Waals surface area contributed by atoms with E-state index in [1.165, 1.54) is 16.9 Å². The van der Waals surface area contributed by atoms with Crippen molar-refractivity contribution < 1.29 is 4.79 Å². The Bertz CT molecular complexity index is 516. The quantitative estimate of drug-likeness (QED) is 0.774. The van der Waals surface area contributed by atoms with Gasteiger partial charge in [0.15, 0.2) is 5.78 Å². The third kappa shape index (κ3) is 2.80. The second kappa shape index (κ2) is 4.93. The highest BCUT2D eigenvalue weighted by atomic mass is 79.9. The molecule has 0 N–H and O–H groups in total. The topological polar surface area (TPSA) is 17.1 Å². The number of carbonyl (C=O) groups is 1. The van der Waals surface area contributed by atoms with Crippen molar-refractivity contribution in [3.63, 3.8) is 0 Å². The van der Waals surface area contributed by atoms with Crippen molar-refractivity contribution in [2.24, 2.45) is 0 Å². The molecule has 1 aromatic heterocycles. The summed E-state index contributed by atoms with van der Waals surface area (Å²) in [5, 5.41) is 1.93. The molecule has 3 heteroatoms. The van der Waals surface area contributed by atoms with E-state index in [9.17, 15) is 4.79 Å². The van der Waals surface area contributed by atoms with E-state index in [1.54, 1.807) is 0 Å². The smallest absolute Gasteiger partial charge is 0.177 e. The maximum atomic E-state index is 11.9. The van der Waals surface area contributed by atoms with E-state index in [0.29, 0.717) is 6.42 Å². The number of ketones is 1. The van der Waals surface area contributed by atoms with Crippen LogP contribution in [0.4, 0.5) is 0 Å². The van der Waals surface area contributed by atoms with E-state index in [2.05, 4.69) is 22.0 Å². The molecule has 1 nitrogen and oxygen atoms in total. The summed E-state index contributed by atoms with van der Waals surface area (Å²) in [6.07, 6.45) is 0.481. The van der Waals surface area contributed by atoms with Crippen LogP contribution in [0.2, 0.25) is 0 Å². The van der Waals surface area contributed by atoms with E-state index in [0.717, 1.165) is 14.9 Å². The summed E-state index contributed by atoms with van der Waals surface area (Å²) < 4.78 is 0.977. The zero-order valence-corrected chi connectivity index (χ0v) is 11.3. The average molecular weight is 295 g/mol. The SMILES string of the molecule is Cc1cccc(CC(=O)c2cc(Br)cs2)c1. The van der Waals surface area contributed by atoms with Crippen molar-refractivity contribution in [1.82, 2.24) is 0 Å². The number of carbonyl (C=O) groups excluding carboxylic acids is 1. The molecule has 1 heterocycles. The minimum Gasteiger partial charge on any atom is -0.293 e. The van der Waals surface area contributed by atoms with Crippen molar-refractivity contribution in [3.8, 4) is 0 Å². The van der Waals surface area contributed by atoms with E-state index in [-0.39, 0.29) is 5.78 Å². The predicted octanol–water partition coefficient (Wildman–Crippen LogP) is 4.24. The van der Waals surface area contributed by atoms with Crippen LogP contribution < -0.4 is 0 Å². The van der Waals surface area contributed by atoms with Crippen LogP contribution >= 0.6 is 27.3 Å². The van der Waals surface area contributed by atoms with Crippen LogP contribution in [0, 0.1) is 6.92 Å². The Morgan fingerprint density at radius 1 is 1.38 bits per heavy atom. The number of Topliss-reactive ketones (excluding diaryl/α,β-unsaturated/α-hetero) is 1. The Balaban J connectivity index is 2.13. The maximum absolute atomic E-state index is 11.9. The summed E-state index contributed by atoms with van der Waals surface area (Å²) in [4.78, 5) is 12.7. The number of thiophene rings is 1. The van der Waals surface area contributed by atoms with Gasteiger partial charge in [0.25, 0.3) is 0 Å². The molecule has 0 aliphatic heterocycles. The van der Waals surface area contributed by atoms with Crippen LogP contribution in [0.3, 0.4) is 0 Å². The molecule has 16 heavy (non-hydrogen) atoms. The van der Waals surface area contributed by atoms with Gasteiger partial charge in [-0.05, 0) is 34.5 Å². The van der Waals surface area contributed by atoms with Gasteiger partial charge in [0.1, 0.15) is 0 Å². The number of halogens is 1. The third-order valence-electron chi connectivity index (χ3n) is 2.29. The average Bonchev–Trinajstić information content (AvgIpc) is 2.65. The molecule has 0 fully saturated rings. The second-order valence-electron chi connectivity index (χ2n) is 3.72. The third-order valence-corrected chi connectivity index (χ3v) is 4.02. The Kier molecular flexibility index (Phi) is 3.56. The molecule has 0 aliphatic rings. The lowest BCUT2D eigenvalue weighted by Gasteiger charge is -2.00. The van der Waals surface area contributed by atoms with Gasteiger partial charge in [-0.3, -0.25) is 4.79 Å². The lowest BCUT2D eigenvalue weighted by atomic mass is 10.1. The Morgan fingerprint density at radius 3 is 2.81 bits per heavy atom. The molecule has 0 radical (unpaired) electrons. The minimum atomic E-state index is 0.182. The van der Waals surface area contributed by atoms with Gasteiger partial charge in [-0.2, -0.15) is 0 Å². The van der Waals surface area contributed by atoms with E-state index in [1.807, 2.05) is 36.6 Å². The summed E-state index contributed by atoms with van der Waals surface area (Å²) in [7, 11) is 0. The van der Waals surface area contributed by atoms with E-state index in [4.69, 9.17) is 0 Å². The first-order valence-electron chi connectivity index (χ1n) is 4.98. The van der Waals surface area contributed by atoms with Gasteiger partial charge < -0.3 is 0 Å². The molecule has 0 unspecified atom stereocenters. The summed E-state index contributed by atoms with van der Waals surface area (Å²) >= 11 is 4.84. The highest BCUT2D eigenvalue weighted by Crippen LogP contribution is 2.21. The number of hydrogen-bond donors (Lipinski definition) is 0. The van der Waals surface area contributed by atoms with Crippen molar-refractivity contribution >= 4 is 33.0 Å². The monoisotopic (exact) mass is 294 g/mol. The standard InChI is InChI=1S/C13H11BrOS/c1-9-3-2-4-10(5-9)6-12(15)13-7-11(14)8-16-13/h2-5,7-8H,6H2,1H3. The molecule has 0 aliphatic carbocycles. The molecule has 2 rings (SSSR count). The highest BCUT2D eigenvalue weighted by Gasteiger charge is 2.09. The molecule has 0 amide bonds. The van der Waals surface area contributed by atoms with Crippen LogP contribution in [0.15, 0.2) is 40.2 Å². The highest BCUT2D eigenvalue weighted by molar-refractivity contribution is 9.10. The maximum Gasteiger partial charge on any atom is 0.177 e. The van der Waals surface area contributed by atoms with Crippen LogP contribution in [0.25, 0.3) is 0 Å². The van der Waals surface area contributed by atoms with Gasteiger partial charge in [-0.1, -0.05) is 29.8 Å². The van der Waals surface area contributed by atoms with Crippen molar-refractivity contribution in [3.05, 3.63) is 56.2 Å². The van der Waals surface area contributed by atoms with E-state index >= 15 is 0 Å². The number of rotatable bonds is 3. The Morgan fingerprint density at radius 2 is 2.19 bits per heavy atom. The van der Waals surface area contributed by atoms with Gasteiger partial charge in [0.05, 0.1) is 4.88 Å². The van der Waals surface area contributed by atoms with Gasteiger partial charge in [-0.15, -0.1) is 11.3 Å². The van der Waals surface area contributed by atoms with Gasteiger partial charge in [0.2, 0.25) is 0 Å². The van der Waals surface area contributed by atoms with Gasteiger partial charge >= 0.3 is 0 Å². The van der Waals surface area contributed by atoms with Crippen LogP contribution in [-0.4, -0.2) is 5.78 Å². The Labute approximate surface area is 107 Å². The zero-order valence-electron chi connectivity index (χ0n) is 8.87. The van der Waals surface area contributed by atoms with Gasteiger partial charge in [0, 0.05) is 16.3 Å². The summed E-state index contributed by atoms with van der Waals surface area (Å²) in [6.45, 7) is 2.04. The minimum absolute atomic E-state index is 0.182. The Hall–Kier alpha value is -0.930. The lowest BCUT2D eigenvalue weighted by molar-refractivity contribution is 0.0997. The molecule has 1 aromatic carbocycles. The molecule has 0 spiro atoms. The van der Waals surface area contributed by atoms with Crippen molar-refractivity contribution in [1.29, 1.82) is 0 Å². The fourth-order valence-corrected chi connectivity index (χ4v) is 2.92. The first-order valence-corrected chi connectivity index (χ1v) is 6.65. The molecule has 0 saturated carbocycles. The van der Waals surface area contributed by atoms with E-state index < -0.39 is 0 Å². The fraction of sp³-hybridized carbons (Fsp3) is 0.154. The summed E-state index contributed by atoms with van der Waals surface area (Å²) in [6, 6.07) is 9.95. The molecular formula is C13H11BrOS. The molecule has 2 aromatic rings. The molecule has 0 saturated heterocycles. The second-order valence-corrected chi connectivity index (χ2v) is 5.55. The molecule has 82 valence electrons. The van der Waals surface area contributed by atoms with Crippen LogP contribution in [0.1, 0.15) is 20.8 Å². The largest absolute Gasteiger partial charge is 0.293 e. The van der Waals surface area contributed by atoms with Crippen molar-refractivity contribution in [2.45, 2.75) is 13.3 Å². The fourth-order valence-electron chi connectivity index (χ4n) is 1.55. The summed E-state index contributed by atoms with van der Waals surface area (Å²) in [5.74, 6) is 0.182. The lowest BCUT2D eigenvalue weighted by Crippen LogP contribution is -2.01. The number of hydrogen-bond acceptors (Lipinski definition) is 2. The van der Waals surface area contributed by atoms with Gasteiger partial charge in [-0.25, -0.2) is 0 Å². The first-order chi connectivity index (χ1) is 7.65. The molecular weight excluding hydrogens is 284 g/mol. The van der Waals surface area contributed by atoms with Crippen molar-refractivity contribution in [2.75, 3.05) is 0 Å². The van der Waals surface area contributed by atoms with Crippen LogP contribution in [0.5, 0.6) is 0 Å². The zero-order chi connectivity index (χ0) is 11.5. The normalized spacial score (nSPS) is 10.4. The first kappa shape index (κ1) is 11.6.